The van der Waals surface area contributed by atoms with E-state index in [1.54, 1.807) is 0 Å². The molecular formula is C16H7F8N3. The quantitative estimate of drug-likeness (QED) is 0.354. The van der Waals surface area contributed by atoms with E-state index in [2.05, 4.69) is 10.1 Å². The number of hydrogen-bond donors (Lipinski definition) is 0. The Balaban J connectivity index is 2.25. The average molecular weight is 393 g/mol. The van der Waals surface area contributed by atoms with E-state index in [-0.39, 0.29) is 0 Å². The first-order valence-electron chi connectivity index (χ1n) is 7.13. The Morgan fingerprint density at radius 3 is 1.89 bits per heavy atom. The number of rotatable bonds is 2. The van der Waals surface area contributed by atoms with Crippen molar-refractivity contribution in [1.82, 2.24) is 14.8 Å². The molecule has 142 valence electrons. The molecule has 0 aliphatic heterocycles. The van der Waals surface area contributed by atoms with Crippen molar-refractivity contribution in [1.29, 1.82) is 0 Å². The van der Waals surface area contributed by atoms with Crippen LogP contribution in [0.5, 0.6) is 0 Å². The molecule has 0 spiro atoms. The van der Waals surface area contributed by atoms with Gasteiger partial charge in [0.15, 0.2) is 34.9 Å². The van der Waals surface area contributed by atoms with Crippen LogP contribution in [0.15, 0.2) is 24.3 Å². The van der Waals surface area contributed by atoms with Crippen molar-refractivity contribution in [3.05, 3.63) is 58.9 Å². The standard InChI is InChI=1S/C16H7F8N3/c1-27-15(6-4-2-3-5-7(6)16(22,23)24)25-14(26-27)8-9(17)11(19)13(21)12(20)10(8)18/h2-5H,1H3. The van der Waals surface area contributed by atoms with Crippen LogP contribution >= 0.6 is 0 Å². The summed E-state index contributed by atoms with van der Waals surface area (Å²) in [6, 6.07) is 4.17. The Morgan fingerprint density at radius 1 is 0.815 bits per heavy atom. The Morgan fingerprint density at radius 2 is 1.33 bits per heavy atom. The van der Waals surface area contributed by atoms with Crippen LogP contribution in [0, 0.1) is 29.1 Å². The van der Waals surface area contributed by atoms with Crippen molar-refractivity contribution < 1.29 is 35.1 Å². The molecule has 0 radical (unpaired) electrons. The van der Waals surface area contributed by atoms with Crippen molar-refractivity contribution in [2.75, 3.05) is 0 Å². The van der Waals surface area contributed by atoms with E-state index in [0.29, 0.717) is 0 Å². The van der Waals surface area contributed by atoms with Crippen LogP contribution in [0.4, 0.5) is 35.1 Å². The summed E-state index contributed by atoms with van der Waals surface area (Å²) in [7, 11) is 1.12. The van der Waals surface area contributed by atoms with Crippen LogP contribution < -0.4 is 0 Å². The first-order valence-corrected chi connectivity index (χ1v) is 7.13. The highest BCUT2D eigenvalue weighted by Crippen LogP contribution is 2.37. The number of nitrogens with zero attached hydrogens (tertiary/aromatic N) is 3. The molecule has 0 bridgehead atoms. The molecule has 3 rings (SSSR count). The fourth-order valence-corrected chi connectivity index (χ4v) is 2.45. The van der Waals surface area contributed by atoms with E-state index in [1.165, 1.54) is 6.07 Å². The number of benzene rings is 2. The zero-order chi connectivity index (χ0) is 20.1. The summed E-state index contributed by atoms with van der Waals surface area (Å²) in [4.78, 5) is 3.57. The molecule has 3 aromatic rings. The van der Waals surface area contributed by atoms with Gasteiger partial charge in [0.25, 0.3) is 0 Å². The minimum absolute atomic E-state index is 0.470. The minimum Gasteiger partial charge on any atom is -0.248 e. The Labute approximate surface area is 145 Å². The lowest BCUT2D eigenvalue weighted by molar-refractivity contribution is -0.137. The maximum Gasteiger partial charge on any atom is 0.417 e. The summed E-state index contributed by atoms with van der Waals surface area (Å²) in [5.41, 5.74) is -3.02. The van der Waals surface area contributed by atoms with Gasteiger partial charge < -0.3 is 0 Å². The lowest BCUT2D eigenvalue weighted by atomic mass is 10.1. The Kier molecular flexibility index (Phi) is 4.40. The van der Waals surface area contributed by atoms with E-state index >= 15 is 0 Å². The zero-order valence-electron chi connectivity index (χ0n) is 13.2. The number of hydrogen-bond acceptors (Lipinski definition) is 2. The predicted octanol–water partition coefficient (Wildman–Crippen LogP) is 4.86. The Hall–Kier alpha value is -2.98. The van der Waals surface area contributed by atoms with Crippen LogP contribution in [0.3, 0.4) is 0 Å². The fourth-order valence-electron chi connectivity index (χ4n) is 2.45. The first kappa shape index (κ1) is 18.8. The molecule has 0 saturated carbocycles. The van der Waals surface area contributed by atoms with Crippen LogP contribution in [0.1, 0.15) is 5.56 Å². The van der Waals surface area contributed by atoms with Gasteiger partial charge in [-0.15, -0.1) is 0 Å². The third-order valence-corrected chi connectivity index (χ3v) is 3.67. The second-order valence-corrected chi connectivity index (χ2v) is 5.37. The van der Waals surface area contributed by atoms with Crippen LogP contribution in [-0.4, -0.2) is 14.8 Å². The van der Waals surface area contributed by atoms with Gasteiger partial charge in [-0.1, -0.05) is 18.2 Å². The van der Waals surface area contributed by atoms with Gasteiger partial charge in [-0.05, 0) is 6.07 Å². The summed E-state index contributed by atoms with van der Waals surface area (Å²) in [5.74, 6) is -12.6. The molecule has 1 heterocycles. The first-order chi connectivity index (χ1) is 12.5. The molecule has 0 fully saturated rings. The third kappa shape index (κ3) is 3.02. The summed E-state index contributed by atoms with van der Waals surface area (Å²) < 4.78 is 108. The summed E-state index contributed by atoms with van der Waals surface area (Å²) in [5, 5.41) is 3.52. The van der Waals surface area contributed by atoms with Gasteiger partial charge in [0.1, 0.15) is 0 Å². The summed E-state index contributed by atoms with van der Waals surface area (Å²) in [6.07, 6.45) is -4.77. The molecule has 0 aliphatic rings. The highest BCUT2D eigenvalue weighted by molar-refractivity contribution is 5.66. The molecule has 0 amide bonds. The lowest BCUT2D eigenvalue weighted by Crippen LogP contribution is -2.08. The topological polar surface area (TPSA) is 30.7 Å². The second-order valence-electron chi connectivity index (χ2n) is 5.37. The van der Waals surface area contributed by atoms with Crippen LogP contribution in [-0.2, 0) is 13.2 Å². The van der Waals surface area contributed by atoms with Gasteiger partial charge >= 0.3 is 6.18 Å². The highest BCUT2D eigenvalue weighted by Gasteiger charge is 2.35. The van der Waals surface area contributed by atoms with Gasteiger partial charge in [0, 0.05) is 12.6 Å². The van der Waals surface area contributed by atoms with Crippen molar-refractivity contribution in [3.63, 3.8) is 0 Å². The third-order valence-electron chi connectivity index (χ3n) is 3.67. The van der Waals surface area contributed by atoms with Crippen LogP contribution in [0.25, 0.3) is 22.8 Å². The largest absolute Gasteiger partial charge is 0.417 e. The second kappa shape index (κ2) is 6.32. The maximum atomic E-state index is 13.9. The molecule has 1 aromatic heterocycles. The molecular weight excluding hydrogens is 386 g/mol. The van der Waals surface area contributed by atoms with E-state index in [0.717, 1.165) is 29.9 Å². The number of aromatic nitrogens is 3. The van der Waals surface area contributed by atoms with E-state index < -0.39 is 63.6 Å². The number of halogens is 8. The molecule has 11 heteroatoms. The van der Waals surface area contributed by atoms with Gasteiger partial charge in [0.05, 0.1) is 11.1 Å². The van der Waals surface area contributed by atoms with Crippen molar-refractivity contribution in [3.8, 4) is 22.8 Å². The molecule has 0 unspecified atom stereocenters. The van der Waals surface area contributed by atoms with E-state index in [4.69, 9.17) is 0 Å². The monoisotopic (exact) mass is 393 g/mol. The zero-order valence-corrected chi connectivity index (χ0v) is 13.2. The molecule has 3 nitrogen and oxygen atoms in total. The molecule has 0 saturated heterocycles. The normalized spacial score (nSPS) is 11.9. The lowest BCUT2D eigenvalue weighted by Gasteiger charge is -2.11. The minimum atomic E-state index is -4.77. The average Bonchev–Trinajstić information content (AvgIpc) is 2.99. The summed E-state index contributed by atoms with van der Waals surface area (Å²) >= 11 is 0. The Bertz CT molecular complexity index is 1010. The number of aryl methyl sites for hydroxylation is 1. The maximum absolute atomic E-state index is 13.9. The predicted molar refractivity (Wildman–Crippen MR) is 76.7 cm³/mol. The SMILES string of the molecule is Cn1nc(-c2c(F)c(F)c(F)c(F)c2F)nc1-c1ccccc1C(F)(F)F. The van der Waals surface area contributed by atoms with Crippen LogP contribution in [0.2, 0.25) is 0 Å². The van der Waals surface area contributed by atoms with Gasteiger partial charge in [-0.2, -0.15) is 18.3 Å². The van der Waals surface area contributed by atoms with E-state index in [9.17, 15) is 35.1 Å². The van der Waals surface area contributed by atoms with Crippen molar-refractivity contribution in [2.24, 2.45) is 7.05 Å². The fraction of sp³-hybridized carbons (Fsp3) is 0.125. The van der Waals surface area contributed by atoms with Gasteiger partial charge in [-0.25, -0.2) is 31.6 Å². The van der Waals surface area contributed by atoms with Crippen molar-refractivity contribution >= 4 is 0 Å². The molecule has 0 atom stereocenters. The smallest absolute Gasteiger partial charge is 0.248 e. The summed E-state index contributed by atoms with van der Waals surface area (Å²) in [6.45, 7) is 0. The van der Waals surface area contributed by atoms with Gasteiger partial charge in [-0.3, -0.25) is 0 Å². The molecule has 0 aliphatic carbocycles. The molecule has 0 N–H and O–H groups in total. The highest BCUT2D eigenvalue weighted by atomic mass is 19.4. The van der Waals surface area contributed by atoms with Gasteiger partial charge in [0.2, 0.25) is 5.82 Å². The molecule has 27 heavy (non-hydrogen) atoms. The van der Waals surface area contributed by atoms with Crippen molar-refractivity contribution in [2.45, 2.75) is 6.18 Å². The number of alkyl halides is 3. The molecule has 2 aromatic carbocycles. The van der Waals surface area contributed by atoms with E-state index in [1.807, 2.05) is 0 Å².